The number of carbonyl (C=O) groups excluding carboxylic acids is 2. The number of amides is 2. The molecule has 3 rings (SSSR count). The van der Waals surface area contributed by atoms with Crippen molar-refractivity contribution in [3.05, 3.63) is 54.1 Å². The monoisotopic (exact) mass is 379 g/mol. The molecule has 0 aliphatic carbocycles. The molecule has 28 heavy (non-hydrogen) atoms. The van der Waals surface area contributed by atoms with Crippen molar-refractivity contribution in [1.29, 1.82) is 0 Å². The van der Waals surface area contributed by atoms with Crippen LogP contribution in [0.1, 0.15) is 45.1 Å². The second-order valence-corrected chi connectivity index (χ2v) is 7.61. The molecule has 0 bridgehead atoms. The van der Waals surface area contributed by atoms with Gasteiger partial charge < -0.3 is 15.1 Å². The van der Waals surface area contributed by atoms with Crippen molar-refractivity contribution in [2.75, 3.05) is 34.8 Å². The highest BCUT2D eigenvalue weighted by Gasteiger charge is 2.20. The highest BCUT2D eigenvalue weighted by molar-refractivity contribution is 6.02. The summed E-state index contributed by atoms with van der Waals surface area (Å²) < 4.78 is 0. The van der Waals surface area contributed by atoms with Crippen LogP contribution in [-0.4, -0.2) is 31.4 Å². The molecule has 1 aliphatic heterocycles. The fraction of sp³-hybridized carbons (Fsp3) is 0.391. The molecule has 2 aromatic carbocycles. The van der Waals surface area contributed by atoms with Gasteiger partial charge in [-0.2, -0.15) is 0 Å². The summed E-state index contributed by atoms with van der Waals surface area (Å²) in [5.74, 6) is -0.0884. The van der Waals surface area contributed by atoms with Crippen molar-refractivity contribution < 1.29 is 9.59 Å². The average molecular weight is 380 g/mol. The van der Waals surface area contributed by atoms with E-state index >= 15 is 0 Å². The first-order chi connectivity index (χ1) is 13.5. The van der Waals surface area contributed by atoms with E-state index in [2.05, 4.69) is 24.1 Å². The molecule has 0 spiro atoms. The Balaban J connectivity index is 1.69. The molecule has 2 aromatic rings. The average Bonchev–Trinajstić information content (AvgIpc) is 3.21. The van der Waals surface area contributed by atoms with E-state index in [0.29, 0.717) is 0 Å². The molecule has 5 heteroatoms. The van der Waals surface area contributed by atoms with Crippen LogP contribution in [0.15, 0.2) is 48.5 Å². The normalized spacial score (nSPS) is 13.6. The third kappa shape index (κ3) is 4.71. The smallest absolute Gasteiger partial charge is 0.244 e. The van der Waals surface area contributed by atoms with Gasteiger partial charge in [-0.25, -0.2) is 0 Å². The summed E-state index contributed by atoms with van der Waals surface area (Å²) in [6.45, 7) is 7.84. The summed E-state index contributed by atoms with van der Waals surface area (Å²) >= 11 is 0. The highest BCUT2D eigenvalue weighted by Crippen LogP contribution is 2.27. The Morgan fingerprint density at radius 2 is 1.68 bits per heavy atom. The zero-order chi connectivity index (χ0) is 20.1. The van der Waals surface area contributed by atoms with Gasteiger partial charge in [-0.05, 0) is 54.7 Å². The van der Waals surface area contributed by atoms with Crippen LogP contribution in [0.25, 0.3) is 0 Å². The van der Waals surface area contributed by atoms with E-state index in [-0.39, 0.29) is 24.3 Å². The maximum atomic E-state index is 12.6. The van der Waals surface area contributed by atoms with Crippen molar-refractivity contribution in [3.8, 4) is 0 Å². The Labute approximate surface area is 167 Å². The van der Waals surface area contributed by atoms with E-state index in [9.17, 15) is 9.59 Å². The SMILES string of the molecule is CC(=O)N(CC(=O)Nc1ccc(N2CCCC2)cc1)c1ccccc1C(C)C. The molecule has 1 N–H and O–H groups in total. The Hall–Kier alpha value is -2.82. The summed E-state index contributed by atoms with van der Waals surface area (Å²) in [7, 11) is 0. The summed E-state index contributed by atoms with van der Waals surface area (Å²) in [5.41, 5.74) is 3.78. The molecule has 2 amide bonds. The molecule has 148 valence electrons. The van der Waals surface area contributed by atoms with Gasteiger partial charge in [-0.15, -0.1) is 0 Å². The lowest BCUT2D eigenvalue weighted by Gasteiger charge is -2.25. The van der Waals surface area contributed by atoms with Gasteiger partial charge in [-0.1, -0.05) is 32.0 Å². The van der Waals surface area contributed by atoms with Crippen LogP contribution in [0.4, 0.5) is 17.1 Å². The lowest BCUT2D eigenvalue weighted by molar-refractivity contribution is -0.120. The molecule has 0 atom stereocenters. The zero-order valence-electron chi connectivity index (χ0n) is 16.9. The molecule has 0 radical (unpaired) electrons. The molecule has 1 aliphatic rings. The first-order valence-corrected chi connectivity index (χ1v) is 9.97. The van der Waals surface area contributed by atoms with E-state index in [0.717, 1.165) is 30.0 Å². The maximum Gasteiger partial charge on any atom is 0.244 e. The van der Waals surface area contributed by atoms with Crippen molar-refractivity contribution in [2.45, 2.75) is 39.5 Å². The van der Waals surface area contributed by atoms with Crippen LogP contribution in [0.2, 0.25) is 0 Å². The zero-order valence-corrected chi connectivity index (χ0v) is 16.9. The number of para-hydroxylation sites is 1. The second-order valence-electron chi connectivity index (χ2n) is 7.61. The van der Waals surface area contributed by atoms with Crippen LogP contribution in [0.5, 0.6) is 0 Å². The van der Waals surface area contributed by atoms with Crippen LogP contribution in [0, 0.1) is 0 Å². The number of nitrogens with zero attached hydrogens (tertiary/aromatic N) is 2. The van der Waals surface area contributed by atoms with Gasteiger partial charge in [0.1, 0.15) is 6.54 Å². The predicted molar refractivity (Wildman–Crippen MR) is 115 cm³/mol. The standard InChI is InChI=1S/C23H29N3O2/c1-17(2)21-8-4-5-9-22(21)26(18(3)27)16-23(28)24-19-10-12-20(13-11-19)25-14-6-7-15-25/h4-5,8-13,17H,6-7,14-16H2,1-3H3,(H,24,28). The fourth-order valence-corrected chi connectivity index (χ4v) is 3.66. The van der Waals surface area contributed by atoms with Gasteiger partial charge in [0, 0.05) is 37.1 Å². The lowest BCUT2D eigenvalue weighted by Crippen LogP contribution is -2.37. The lowest BCUT2D eigenvalue weighted by atomic mass is 10.0. The summed E-state index contributed by atoms with van der Waals surface area (Å²) in [4.78, 5) is 28.7. The summed E-state index contributed by atoms with van der Waals surface area (Å²) in [6, 6.07) is 15.7. The van der Waals surface area contributed by atoms with Gasteiger partial charge in [0.15, 0.2) is 0 Å². The molecule has 1 heterocycles. The van der Waals surface area contributed by atoms with Gasteiger partial charge in [0.2, 0.25) is 11.8 Å². The number of hydrogen-bond donors (Lipinski definition) is 1. The van der Waals surface area contributed by atoms with Crippen LogP contribution < -0.4 is 15.1 Å². The predicted octanol–water partition coefficient (Wildman–Crippen LogP) is 4.40. The largest absolute Gasteiger partial charge is 0.372 e. The number of rotatable bonds is 6. The molecule has 0 unspecified atom stereocenters. The van der Waals surface area contributed by atoms with Crippen molar-refractivity contribution in [2.24, 2.45) is 0 Å². The van der Waals surface area contributed by atoms with Crippen molar-refractivity contribution >= 4 is 28.9 Å². The van der Waals surface area contributed by atoms with Crippen LogP contribution >= 0.6 is 0 Å². The number of anilines is 3. The van der Waals surface area contributed by atoms with Crippen molar-refractivity contribution in [1.82, 2.24) is 0 Å². The Bertz CT molecular complexity index is 824. The molecular formula is C23H29N3O2. The van der Waals surface area contributed by atoms with Gasteiger partial charge >= 0.3 is 0 Å². The maximum absolute atomic E-state index is 12.6. The highest BCUT2D eigenvalue weighted by atomic mass is 16.2. The van der Waals surface area contributed by atoms with Crippen LogP contribution in [0.3, 0.4) is 0 Å². The minimum absolute atomic E-state index is 0.00700. The Kier molecular flexibility index (Phi) is 6.34. The van der Waals surface area contributed by atoms with Crippen molar-refractivity contribution in [3.63, 3.8) is 0 Å². The van der Waals surface area contributed by atoms with Gasteiger partial charge in [0.05, 0.1) is 0 Å². The second kappa shape index (κ2) is 8.91. The number of benzene rings is 2. The third-order valence-electron chi connectivity index (χ3n) is 5.15. The first-order valence-electron chi connectivity index (χ1n) is 9.97. The third-order valence-corrected chi connectivity index (χ3v) is 5.15. The molecule has 1 saturated heterocycles. The van der Waals surface area contributed by atoms with E-state index in [1.165, 1.54) is 25.5 Å². The Morgan fingerprint density at radius 3 is 2.29 bits per heavy atom. The summed E-state index contributed by atoms with van der Waals surface area (Å²) in [6.07, 6.45) is 2.47. The number of carbonyl (C=O) groups is 2. The molecule has 0 aromatic heterocycles. The minimum atomic E-state index is -0.206. The van der Waals surface area contributed by atoms with Gasteiger partial charge in [-0.3, -0.25) is 9.59 Å². The minimum Gasteiger partial charge on any atom is -0.372 e. The number of nitrogens with one attached hydrogen (secondary N) is 1. The van der Waals surface area contributed by atoms with E-state index in [1.807, 2.05) is 48.5 Å². The van der Waals surface area contributed by atoms with E-state index in [4.69, 9.17) is 0 Å². The van der Waals surface area contributed by atoms with E-state index in [1.54, 1.807) is 4.90 Å². The number of hydrogen-bond acceptors (Lipinski definition) is 3. The quantitative estimate of drug-likeness (QED) is 0.809. The molecule has 5 nitrogen and oxygen atoms in total. The van der Waals surface area contributed by atoms with Crippen LogP contribution in [-0.2, 0) is 9.59 Å². The van der Waals surface area contributed by atoms with Gasteiger partial charge in [0.25, 0.3) is 0 Å². The molecular weight excluding hydrogens is 350 g/mol. The fourth-order valence-electron chi connectivity index (χ4n) is 3.66. The molecule has 1 fully saturated rings. The summed E-state index contributed by atoms with van der Waals surface area (Å²) in [5, 5.41) is 2.91. The molecule has 0 saturated carbocycles. The topological polar surface area (TPSA) is 52.7 Å². The first kappa shape index (κ1) is 19.9. The van der Waals surface area contributed by atoms with E-state index < -0.39 is 0 Å². The Morgan fingerprint density at radius 1 is 1.04 bits per heavy atom.